The van der Waals surface area contributed by atoms with E-state index in [1.807, 2.05) is 0 Å². The van der Waals surface area contributed by atoms with Gasteiger partial charge in [-0.2, -0.15) is 0 Å². The molecule has 0 bridgehead atoms. The van der Waals surface area contributed by atoms with E-state index in [0.717, 1.165) is 0 Å². The van der Waals surface area contributed by atoms with Gasteiger partial charge in [0.1, 0.15) is 10.7 Å². The molecule has 0 aliphatic carbocycles. The topological polar surface area (TPSA) is 85.3 Å². The third-order valence-electron chi connectivity index (χ3n) is 1.62. The van der Waals surface area contributed by atoms with E-state index in [1.165, 1.54) is 6.07 Å². The number of sulfonamides is 1. The third-order valence-corrected chi connectivity index (χ3v) is 3.91. The van der Waals surface area contributed by atoms with Gasteiger partial charge >= 0.3 is 0 Å². The van der Waals surface area contributed by atoms with Gasteiger partial charge in [0.2, 0.25) is 10.0 Å². The van der Waals surface area contributed by atoms with E-state index in [2.05, 4.69) is 15.9 Å². The molecule has 0 spiro atoms. The van der Waals surface area contributed by atoms with Crippen LogP contribution in [0.15, 0.2) is 20.0 Å². The highest BCUT2D eigenvalue weighted by Crippen LogP contribution is 2.25. The Hall–Kier alpha value is -0.510. The smallest absolute Gasteiger partial charge is 0.251 e. The zero-order valence-electron chi connectivity index (χ0n) is 7.91. The van der Waals surface area contributed by atoms with Crippen molar-refractivity contribution >= 4 is 26.0 Å². The Morgan fingerprint density at radius 1 is 1.56 bits per heavy atom. The molecule has 92 valence electrons. The first kappa shape index (κ1) is 13.6. The minimum atomic E-state index is -4.00. The number of alkyl halides is 2. The van der Waals surface area contributed by atoms with E-state index in [9.17, 15) is 17.2 Å². The van der Waals surface area contributed by atoms with Gasteiger partial charge in [0.15, 0.2) is 4.67 Å². The van der Waals surface area contributed by atoms with Crippen LogP contribution in [0, 0.1) is 0 Å². The number of nitrogens with two attached hydrogens (primary N) is 1. The summed E-state index contributed by atoms with van der Waals surface area (Å²) in [6.07, 6.45) is -2.76. The van der Waals surface area contributed by atoms with Gasteiger partial charge in [0, 0.05) is 6.07 Å². The van der Waals surface area contributed by atoms with Crippen LogP contribution in [0.25, 0.3) is 0 Å². The Kier molecular flexibility index (Phi) is 4.42. The first-order valence-electron chi connectivity index (χ1n) is 4.13. The SMILES string of the molecule is NCc1cc(S(=O)(=O)NCC(F)F)c(Br)o1. The molecule has 1 heterocycles. The van der Waals surface area contributed by atoms with Crippen molar-refractivity contribution < 1.29 is 21.6 Å². The lowest BCUT2D eigenvalue weighted by Crippen LogP contribution is -2.28. The quantitative estimate of drug-likeness (QED) is 0.849. The highest BCUT2D eigenvalue weighted by atomic mass is 79.9. The van der Waals surface area contributed by atoms with Crippen LogP contribution in [-0.2, 0) is 16.6 Å². The Bertz CT molecular complexity index is 460. The number of nitrogens with one attached hydrogen (secondary N) is 1. The van der Waals surface area contributed by atoms with Gasteiger partial charge < -0.3 is 10.2 Å². The maximum absolute atomic E-state index is 11.9. The first-order chi connectivity index (χ1) is 7.36. The Morgan fingerprint density at radius 2 is 2.19 bits per heavy atom. The van der Waals surface area contributed by atoms with Crippen molar-refractivity contribution in [3.8, 4) is 0 Å². The second kappa shape index (κ2) is 5.21. The highest BCUT2D eigenvalue weighted by Gasteiger charge is 2.23. The molecule has 0 unspecified atom stereocenters. The van der Waals surface area contributed by atoms with Gasteiger partial charge in [-0.05, 0) is 15.9 Å². The molecule has 0 aliphatic heterocycles. The lowest BCUT2D eigenvalue weighted by Gasteiger charge is -2.03. The van der Waals surface area contributed by atoms with Gasteiger partial charge in [-0.1, -0.05) is 0 Å². The van der Waals surface area contributed by atoms with Gasteiger partial charge in [0.05, 0.1) is 13.1 Å². The van der Waals surface area contributed by atoms with Crippen molar-refractivity contribution in [2.24, 2.45) is 5.73 Å². The number of hydrogen-bond acceptors (Lipinski definition) is 4. The molecular formula is C7H9BrF2N2O3S. The minimum absolute atomic E-state index is 0.0168. The fourth-order valence-electron chi connectivity index (χ4n) is 0.932. The summed E-state index contributed by atoms with van der Waals surface area (Å²) in [7, 11) is -4.00. The molecule has 0 saturated heterocycles. The predicted molar refractivity (Wildman–Crippen MR) is 55.5 cm³/mol. The summed E-state index contributed by atoms with van der Waals surface area (Å²) in [5.41, 5.74) is 5.25. The van der Waals surface area contributed by atoms with Crippen molar-refractivity contribution in [3.05, 3.63) is 16.5 Å². The van der Waals surface area contributed by atoms with E-state index in [0.29, 0.717) is 0 Å². The largest absolute Gasteiger partial charge is 0.452 e. The van der Waals surface area contributed by atoms with Crippen molar-refractivity contribution in [2.75, 3.05) is 6.54 Å². The minimum Gasteiger partial charge on any atom is -0.452 e. The second-order valence-corrected chi connectivity index (χ2v) is 5.25. The van der Waals surface area contributed by atoms with Crippen molar-refractivity contribution in [1.82, 2.24) is 4.72 Å². The van der Waals surface area contributed by atoms with Crippen LogP contribution >= 0.6 is 15.9 Å². The molecule has 1 aromatic heterocycles. The van der Waals surface area contributed by atoms with Crippen molar-refractivity contribution in [2.45, 2.75) is 17.9 Å². The number of rotatable bonds is 5. The molecular weight excluding hydrogens is 310 g/mol. The standard InChI is InChI=1S/C7H9BrF2N2O3S/c8-7-5(1-4(2-11)15-7)16(13,14)12-3-6(9)10/h1,6,12H,2-3,11H2. The van der Waals surface area contributed by atoms with Gasteiger partial charge in [0.25, 0.3) is 6.43 Å². The van der Waals surface area contributed by atoms with E-state index in [-0.39, 0.29) is 21.9 Å². The van der Waals surface area contributed by atoms with Crippen LogP contribution in [0.3, 0.4) is 0 Å². The fraction of sp³-hybridized carbons (Fsp3) is 0.429. The van der Waals surface area contributed by atoms with Gasteiger partial charge in [-0.15, -0.1) is 0 Å². The number of hydrogen-bond donors (Lipinski definition) is 2. The summed E-state index contributed by atoms with van der Waals surface area (Å²) in [5.74, 6) is 0.240. The summed E-state index contributed by atoms with van der Waals surface area (Å²) < 4.78 is 53.4. The summed E-state index contributed by atoms with van der Waals surface area (Å²) in [6, 6.07) is 1.18. The molecule has 0 saturated carbocycles. The van der Waals surface area contributed by atoms with Crippen LogP contribution in [0.2, 0.25) is 0 Å². The molecule has 1 rings (SSSR count). The maximum Gasteiger partial charge on any atom is 0.251 e. The van der Waals surface area contributed by atoms with E-state index in [1.54, 1.807) is 4.72 Å². The fourth-order valence-corrected chi connectivity index (χ4v) is 2.93. The lowest BCUT2D eigenvalue weighted by atomic mass is 10.5. The molecule has 16 heavy (non-hydrogen) atoms. The summed E-state index contributed by atoms with van der Waals surface area (Å²) in [6.45, 7) is -0.930. The average Bonchev–Trinajstić information content (AvgIpc) is 2.57. The van der Waals surface area contributed by atoms with E-state index >= 15 is 0 Å². The average molecular weight is 319 g/mol. The highest BCUT2D eigenvalue weighted by molar-refractivity contribution is 9.10. The molecule has 3 N–H and O–H groups in total. The molecule has 0 radical (unpaired) electrons. The molecule has 0 atom stereocenters. The summed E-state index contributed by atoms with van der Waals surface area (Å²) in [5, 5.41) is 0. The number of halogens is 3. The van der Waals surface area contributed by atoms with Crippen LogP contribution in [0.4, 0.5) is 8.78 Å². The summed E-state index contributed by atoms with van der Waals surface area (Å²) >= 11 is 2.87. The van der Waals surface area contributed by atoms with Crippen molar-refractivity contribution in [1.29, 1.82) is 0 Å². The molecule has 0 aromatic carbocycles. The summed E-state index contributed by atoms with van der Waals surface area (Å²) in [4.78, 5) is -0.242. The molecule has 0 aliphatic rings. The molecule has 0 fully saturated rings. The van der Waals surface area contributed by atoms with Crippen LogP contribution in [0.5, 0.6) is 0 Å². The molecule has 5 nitrogen and oxygen atoms in total. The second-order valence-electron chi connectivity index (χ2n) is 2.80. The van der Waals surface area contributed by atoms with Gasteiger partial charge in [-0.25, -0.2) is 21.9 Å². The monoisotopic (exact) mass is 318 g/mol. The van der Waals surface area contributed by atoms with Crippen molar-refractivity contribution in [3.63, 3.8) is 0 Å². The predicted octanol–water partition coefficient (Wildman–Crippen LogP) is 1.04. The van der Waals surface area contributed by atoms with Crippen LogP contribution in [0.1, 0.15) is 5.76 Å². The zero-order valence-corrected chi connectivity index (χ0v) is 10.3. The van der Waals surface area contributed by atoms with E-state index in [4.69, 9.17) is 10.2 Å². The van der Waals surface area contributed by atoms with Gasteiger partial charge in [-0.3, -0.25) is 0 Å². The van der Waals surface area contributed by atoms with Crippen LogP contribution < -0.4 is 10.5 Å². The molecule has 1 aromatic rings. The maximum atomic E-state index is 11.9. The molecule has 0 amide bonds. The Morgan fingerprint density at radius 3 is 2.62 bits per heavy atom. The Labute approximate surface area is 99.2 Å². The van der Waals surface area contributed by atoms with Crippen LogP contribution in [-0.4, -0.2) is 21.4 Å². The van der Waals surface area contributed by atoms with E-state index < -0.39 is 23.0 Å². The lowest BCUT2D eigenvalue weighted by molar-refractivity contribution is 0.153. The normalized spacial score (nSPS) is 12.3. The third kappa shape index (κ3) is 3.24. The zero-order chi connectivity index (χ0) is 12.3. The number of furan rings is 1. The molecule has 9 heteroatoms. The first-order valence-corrected chi connectivity index (χ1v) is 6.40. The Balaban J connectivity index is 2.93.